The van der Waals surface area contributed by atoms with Crippen molar-refractivity contribution < 1.29 is 9.59 Å². The third kappa shape index (κ3) is 6.67. The number of hydrogen-bond acceptors (Lipinski definition) is 3. The van der Waals surface area contributed by atoms with E-state index in [9.17, 15) is 9.59 Å². The first-order valence-corrected chi connectivity index (χ1v) is 9.31. The van der Waals surface area contributed by atoms with Crippen molar-refractivity contribution in [1.82, 2.24) is 15.5 Å². The normalized spacial score (nSPS) is 20.4. The molecule has 1 aromatic rings. The van der Waals surface area contributed by atoms with Crippen molar-refractivity contribution in [3.63, 3.8) is 0 Å². The molecule has 2 atom stereocenters. The zero-order valence-corrected chi connectivity index (χ0v) is 15.8. The Balaban J connectivity index is 1.63. The minimum Gasteiger partial charge on any atom is -0.356 e. The highest BCUT2D eigenvalue weighted by Gasteiger charge is 2.31. The number of amides is 2. The van der Waals surface area contributed by atoms with Gasteiger partial charge in [-0.25, -0.2) is 0 Å². The average molecular weight is 366 g/mol. The standard InChI is InChI=1S/C19H28ClN3O2/c1-14(24)22-13-18-10-9-17(23(18)2)12-19(25)21-11-3-4-15-5-7-16(20)8-6-15/h5-8,17-18H,3-4,9-13H2,1-2H3,(H,21,25)(H,22,24)/t17-,18+/m0/s1. The van der Waals surface area contributed by atoms with E-state index >= 15 is 0 Å². The summed E-state index contributed by atoms with van der Waals surface area (Å²) in [5.74, 6) is 0.100. The fourth-order valence-electron chi connectivity index (χ4n) is 3.30. The van der Waals surface area contributed by atoms with E-state index in [1.165, 1.54) is 12.5 Å². The number of nitrogens with zero attached hydrogens (tertiary/aromatic N) is 1. The second-order valence-corrected chi connectivity index (χ2v) is 7.21. The summed E-state index contributed by atoms with van der Waals surface area (Å²) in [6, 6.07) is 8.41. The van der Waals surface area contributed by atoms with Crippen molar-refractivity contribution in [3.05, 3.63) is 34.9 Å². The van der Waals surface area contributed by atoms with Gasteiger partial charge in [-0.1, -0.05) is 23.7 Å². The van der Waals surface area contributed by atoms with Gasteiger partial charge in [0.1, 0.15) is 0 Å². The van der Waals surface area contributed by atoms with Gasteiger partial charge < -0.3 is 10.6 Å². The Labute approximate surface area is 155 Å². The summed E-state index contributed by atoms with van der Waals surface area (Å²) >= 11 is 5.87. The molecule has 1 aliphatic rings. The summed E-state index contributed by atoms with van der Waals surface area (Å²) in [4.78, 5) is 25.4. The Kier molecular flexibility index (Phi) is 7.72. The predicted octanol–water partition coefficient (Wildman–Crippen LogP) is 2.38. The van der Waals surface area contributed by atoms with Crippen LogP contribution >= 0.6 is 11.6 Å². The van der Waals surface area contributed by atoms with Crippen LogP contribution < -0.4 is 10.6 Å². The van der Waals surface area contributed by atoms with E-state index in [1.807, 2.05) is 31.3 Å². The molecule has 2 rings (SSSR count). The number of likely N-dealkylation sites (tertiary alicyclic amines) is 1. The molecule has 6 heteroatoms. The van der Waals surface area contributed by atoms with E-state index in [4.69, 9.17) is 11.6 Å². The van der Waals surface area contributed by atoms with Crippen LogP contribution in [0.4, 0.5) is 0 Å². The molecule has 2 amide bonds. The molecule has 0 unspecified atom stereocenters. The second kappa shape index (κ2) is 9.78. The van der Waals surface area contributed by atoms with E-state index in [0.29, 0.717) is 25.6 Å². The second-order valence-electron chi connectivity index (χ2n) is 6.77. The van der Waals surface area contributed by atoms with Gasteiger partial charge in [0.25, 0.3) is 0 Å². The fraction of sp³-hybridized carbons (Fsp3) is 0.579. The lowest BCUT2D eigenvalue weighted by Gasteiger charge is -2.25. The first-order chi connectivity index (χ1) is 12.0. The highest BCUT2D eigenvalue weighted by atomic mass is 35.5. The summed E-state index contributed by atoms with van der Waals surface area (Å²) in [6.07, 6.45) is 4.39. The molecule has 25 heavy (non-hydrogen) atoms. The number of carbonyl (C=O) groups excluding carboxylic acids is 2. The molecule has 0 aliphatic carbocycles. The maximum atomic E-state index is 12.1. The van der Waals surface area contributed by atoms with Crippen LogP contribution in [0.1, 0.15) is 38.2 Å². The van der Waals surface area contributed by atoms with Crippen LogP contribution in [0.2, 0.25) is 5.02 Å². The van der Waals surface area contributed by atoms with Gasteiger partial charge in [0.2, 0.25) is 11.8 Å². The van der Waals surface area contributed by atoms with Crippen molar-refractivity contribution in [2.45, 2.75) is 51.1 Å². The van der Waals surface area contributed by atoms with Gasteiger partial charge in [-0.15, -0.1) is 0 Å². The molecule has 1 heterocycles. The van der Waals surface area contributed by atoms with Crippen molar-refractivity contribution in [2.24, 2.45) is 0 Å². The van der Waals surface area contributed by atoms with Gasteiger partial charge >= 0.3 is 0 Å². The third-order valence-electron chi connectivity index (χ3n) is 4.87. The lowest BCUT2D eigenvalue weighted by atomic mass is 10.1. The van der Waals surface area contributed by atoms with Gasteiger partial charge in [0.05, 0.1) is 0 Å². The van der Waals surface area contributed by atoms with Crippen LogP contribution in [0, 0.1) is 0 Å². The first kappa shape index (κ1) is 19.7. The maximum absolute atomic E-state index is 12.1. The molecule has 138 valence electrons. The highest BCUT2D eigenvalue weighted by molar-refractivity contribution is 6.30. The zero-order chi connectivity index (χ0) is 18.2. The van der Waals surface area contributed by atoms with E-state index in [-0.39, 0.29) is 17.9 Å². The highest BCUT2D eigenvalue weighted by Crippen LogP contribution is 2.24. The predicted molar refractivity (Wildman–Crippen MR) is 101 cm³/mol. The number of nitrogens with one attached hydrogen (secondary N) is 2. The van der Waals surface area contributed by atoms with Crippen LogP contribution in [-0.2, 0) is 16.0 Å². The Morgan fingerprint density at radius 2 is 1.84 bits per heavy atom. The van der Waals surface area contributed by atoms with E-state index in [0.717, 1.165) is 30.7 Å². The quantitative estimate of drug-likeness (QED) is 0.695. The van der Waals surface area contributed by atoms with Crippen LogP contribution in [0.5, 0.6) is 0 Å². The number of rotatable bonds is 8. The number of carbonyl (C=O) groups is 2. The molecular formula is C19H28ClN3O2. The van der Waals surface area contributed by atoms with Gasteiger partial charge in [-0.3, -0.25) is 14.5 Å². The molecule has 1 fully saturated rings. The monoisotopic (exact) mass is 365 g/mol. The Morgan fingerprint density at radius 3 is 2.52 bits per heavy atom. The SMILES string of the molecule is CC(=O)NC[C@H]1CC[C@@H](CC(=O)NCCCc2ccc(Cl)cc2)N1C. The Bertz CT molecular complexity index is 577. The number of likely N-dealkylation sites (N-methyl/N-ethyl adjacent to an activating group) is 1. The smallest absolute Gasteiger partial charge is 0.221 e. The molecular weight excluding hydrogens is 338 g/mol. The van der Waals surface area contributed by atoms with Crippen LogP contribution in [0.15, 0.2) is 24.3 Å². The topological polar surface area (TPSA) is 61.4 Å². The lowest BCUT2D eigenvalue weighted by molar-refractivity contribution is -0.122. The molecule has 2 N–H and O–H groups in total. The summed E-state index contributed by atoms with van der Waals surface area (Å²) < 4.78 is 0. The summed E-state index contributed by atoms with van der Waals surface area (Å²) in [5, 5.41) is 6.62. The van der Waals surface area contributed by atoms with Crippen molar-refractivity contribution in [1.29, 1.82) is 0 Å². The van der Waals surface area contributed by atoms with Gasteiger partial charge in [-0.2, -0.15) is 0 Å². The summed E-state index contributed by atoms with van der Waals surface area (Å²) in [6.45, 7) is 2.88. The van der Waals surface area contributed by atoms with Gasteiger partial charge in [0, 0.05) is 43.5 Å². The number of aryl methyl sites for hydroxylation is 1. The minimum atomic E-state index is -0.00437. The lowest BCUT2D eigenvalue weighted by Crippen LogP contribution is -2.42. The fourth-order valence-corrected chi connectivity index (χ4v) is 3.43. The molecule has 0 spiro atoms. The molecule has 0 aromatic heterocycles. The number of hydrogen-bond donors (Lipinski definition) is 2. The summed E-state index contributed by atoms with van der Waals surface area (Å²) in [7, 11) is 2.04. The Morgan fingerprint density at radius 1 is 1.16 bits per heavy atom. The van der Waals surface area contributed by atoms with Crippen LogP contribution in [-0.4, -0.2) is 48.9 Å². The molecule has 0 bridgehead atoms. The van der Waals surface area contributed by atoms with E-state index in [2.05, 4.69) is 15.5 Å². The molecule has 1 aliphatic heterocycles. The van der Waals surface area contributed by atoms with Gasteiger partial charge in [0.15, 0.2) is 0 Å². The zero-order valence-electron chi connectivity index (χ0n) is 15.1. The summed E-state index contributed by atoms with van der Waals surface area (Å²) in [5.41, 5.74) is 1.23. The Hall–Kier alpha value is -1.59. The van der Waals surface area contributed by atoms with Crippen LogP contribution in [0.3, 0.4) is 0 Å². The molecule has 5 nitrogen and oxygen atoms in total. The third-order valence-corrected chi connectivity index (χ3v) is 5.12. The van der Waals surface area contributed by atoms with E-state index in [1.54, 1.807) is 0 Å². The van der Waals surface area contributed by atoms with E-state index < -0.39 is 0 Å². The van der Waals surface area contributed by atoms with Gasteiger partial charge in [-0.05, 0) is 50.4 Å². The molecule has 1 aromatic carbocycles. The number of halogens is 1. The average Bonchev–Trinajstić information content (AvgIpc) is 2.91. The van der Waals surface area contributed by atoms with Crippen LogP contribution in [0.25, 0.3) is 0 Å². The minimum absolute atomic E-state index is 0.00437. The van der Waals surface area contributed by atoms with Crippen molar-refractivity contribution in [3.8, 4) is 0 Å². The largest absolute Gasteiger partial charge is 0.356 e. The van der Waals surface area contributed by atoms with Crippen molar-refractivity contribution >= 4 is 23.4 Å². The number of benzene rings is 1. The van der Waals surface area contributed by atoms with Crippen molar-refractivity contribution in [2.75, 3.05) is 20.1 Å². The maximum Gasteiger partial charge on any atom is 0.221 e. The molecule has 0 saturated carbocycles. The molecule has 1 saturated heterocycles. The molecule has 0 radical (unpaired) electrons. The first-order valence-electron chi connectivity index (χ1n) is 8.93.